The molecule has 0 saturated heterocycles. The van der Waals surface area contributed by atoms with E-state index in [9.17, 15) is 28.8 Å². The quantitative estimate of drug-likeness (QED) is 0.163. The van der Waals surface area contributed by atoms with Crippen LogP contribution in [0, 0.1) is 12.8 Å². The van der Waals surface area contributed by atoms with Crippen molar-refractivity contribution in [3.8, 4) is 0 Å². The molecule has 43 heavy (non-hydrogen) atoms. The Morgan fingerprint density at radius 1 is 0.953 bits per heavy atom. The summed E-state index contributed by atoms with van der Waals surface area (Å²) in [5, 5.41) is 10.7. The summed E-state index contributed by atoms with van der Waals surface area (Å²) in [5.41, 5.74) is 7.37. The third kappa shape index (κ3) is 9.50. The monoisotopic (exact) mass is 653 g/mol. The Labute approximate surface area is 257 Å². The maximum atomic E-state index is 13.3. The van der Waals surface area contributed by atoms with Crippen molar-refractivity contribution in [2.75, 3.05) is 16.8 Å². The number of rotatable bonds is 13. The van der Waals surface area contributed by atoms with Crippen LogP contribution in [0.25, 0.3) is 0 Å². The highest BCUT2D eigenvalue weighted by Gasteiger charge is 2.31. The number of amides is 7. The van der Waals surface area contributed by atoms with Gasteiger partial charge in [-0.05, 0) is 77.0 Å². The van der Waals surface area contributed by atoms with E-state index < -0.39 is 47.7 Å². The van der Waals surface area contributed by atoms with Crippen LogP contribution in [0.1, 0.15) is 37.8 Å². The maximum Gasteiger partial charge on any atom is 0.312 e. The van der Waals surface area contributed by atoms with Gasteiger partial charge in [0.1, 0.15) is 12.1 Å². The molecule has 12 nitrogen and oxygen atoms in total. The lowest BCUT2D eigenvalue weighted by Gasteiger charge is -2.25. The zero-order valence-corrected chi connectivity index (χ0v) is 25.4. The first-order chi connectivity index (χ1) is 20.3. The molecule has 0 aliphatic carbocycles. The summed E-state index contributed by atoms with van der Waals surface area (Å²) in [6.07, 6.45) is 1.68. The number of urea groups is 1. The first kappa shape index (κ1) is 33.0. The van der Waals surface area contributed by atoms with Gasteiger partial charge < -0.3 is 27.0 Å². The van der Waals surface area contributed by atoms with Gasteiger partial charge in [0.2, 0.25) is 17.7 Å². The second kappa shape index (κ2) is 15.1. The smallest absolute Gasteiger partial charge is 0.312 e. The Morgan fingerprint density at radius 3 is 2.16 bits per heavy atom. The number of nitrogens with one attached hydrogen (secondary N) is 4. The van der Waals surface area contributed by atoms with Gasteiger partial charge in [-0.25, -0.2) is 9.69 Å². The van der Waals surface area contributed by atoms with Crippen LogP contribution in [0.2, 0.25) is 0 Å². The predicted molar refractivity (Wildman–Crippen MR) is 165 cm³/mol. The fraction of sp³-hybridized carbons (Fsp3) is 0.300. The molecule has 0 spiro atoms. The SMILES string of the molecule is [CH2]c1ccc(NC(=O)[C@H](CCCNC(N)=O)NC(=O)[C@@H](NC(=O)Cc2ccc(N3C(=O)C=C(Br)C3=O)cc2)C(C)C)cc1. The number of imide groups is 1. The van der Waals surface area contributed by atoms with Crippen molar-refractivity contribution in [2.45, 2.75) is 45.2 Å². The third-order valence-electron chi connectivity index (χ3n) is 6.53. The molecular formula is C30H34BrN6O6. The van der Waals surface area contributed by atoms with E-state index in [4.69, 9.17) is 5.73 Å². The average Bonchev–Trinajstić information content (AvgIpc) is 3.20. The highest BCUT2D eigenvalue weighted by Crippen LogP contribution is 2.25. The van der Waals surface area contributed by atoms with Gasteiger partial charge in [0, 0.05) is 18.3 Å². The topological polar surface area (TPSA) is 180 Å². The van der Waals surface area contributed by atoms with Gasteiger partial charge in [0.05, 0.1) is 16.6 Å². The molecule has 1 heterocycles. The van der Waals surface area contributed by atoms with Crippen LogP contribution in [0.3, 0.4) is 0 Å². The number of nitrogens with zero attached hydrogens (tertiary/aromatic N) is 1. The van der Waals surface area contributed by atoms with Crippen molar-refractivity contribution < 1.29 is 28.8 Å². The summed E-state index contributed by atoms with van der Waals surface area (Å²) >= 11 is 3.05. The Hall–Kier alpha value is -4.52. The highest BCUT2D eigenvalue weighted by atomic mass is 79.9. The minimum atomic E-state index is -0.960. The number of carbonyl (C=O) groups is 6. The Balaban J connectivity index is 1.64. The molecule has 0 unspecified atom stereocenters. The van der Waals surface area contributed by atoms with Crippen molar-refractivity contribution in [2.24, 2.45) is 11.7 Å². The van der Waals surface area contributed by atoms with Gasteiger partial charge in [0.25, 0.3) is 11.8 Å². The van der Waals surface area contributed by atoms with Crippen LogP contribution in [0.15, 0.2) is 59.1 Å². The van der Waals surface area contributed by atoms with E-state index in [2.05, 4.69) is 44.1 Å². The van der Waals surface area contributed by atoms with Crippen molar-refractivity contribution in [3.05, 3.63) is 77.1 Å². The van der Waals surface area contributed by atoms with Crippen molar-refractivity contribution >= 4 is 62.9 Å². The van der Waals surface area contributed by atoms with E-state index in [1.54, 1.807) is 62.4 Å². The maximum absolute atomic E-state index is 13.3. The summed E-state index contributed by atoms with van der Waals surface area (Å²) in [7, 11) is 0. The molecule has 227 valence electrons. The summed E-state index contributed by atoms with van der Waals surface area (Å²) in [6, 6.07) is 10.6. The fourth-order valence-corrected chi connectivity index (χ4v) is 4.63. The predicted octanol–water partition coefficient (Wildman–Crippen LogP) is 2.28. The van der Waals surface area contributed by atoms with Crippen LogP contribution >= 0.6 is 15.9 Å². The van der Waals surface area contributed by atoms with Gasteiger partial charge in [-0.3, -0.25) is 24.0 Å². The standard InChI is InChI=1S/C30H34BrN6O6/c1-17(2)26(36-24(38)15-19-8-12-21(13-9-19)37-25(39)16-22(31)29(37)42)28(41)35-23(5-4-14-33-30(32)43)27(40)34-20-10-6-18(3)7-11-20/h6-13,16-17,23,26H,3-5,14-15H2,1-2H3,(H,34,40)(H,35,41)(H,36,38)(H3,32,33,43)/t23-,26-/m0/s1. The summed E-state index contributed by atoms with van der Waals surface area (Å²) in [6.45, 7) is 7.56. The molecule has 1 radical (unpaired) electrons. The number of nitrogens with two attached hydrogens (primary N) is 1. The lowest BCUT2D eigenvalue weighted by atomic mass is 10.0. The summed E-state index contributed by atoms with van der Waals surface area (Å²) in [4.78, 5) is 75.7. The van der Waals surface area contributed by atoms with Crippen molar-refractivity contribution in [1.82, 2.24) is 16.0 Å². The average molecular weight is 655 g/mol. The lowest BCUT2D eigenvalue weighted by molar-refractivity contribution is -0.131. The molecule has 2 aromatic rings. The van der Waals surface area contributed by atoms with Gasteiger partial charge in [-0.2, -0.15) is 0 Å². The fourth-order valence-electron chi connectivity index (χ4n) is 4.26. The molecule has 0 bridgehead atoms. The van der Waals surface area contributed by atoms with E-state index in [-0.39, 0.29) is 29.8 Å². The largest absolute Gasteiger partial charge is 0.352 e. The molecule has 3 rings (SSSR count). The van der Waals surface area contributed by atoms with Crippen molar-refractivity contribution in [1.29, 1.82) is 0 Å². The minimum absolute atomic E-state index is 0.0639. The van der Waals surface area contributed by atoms with E-state index >= 15 is 0 Å². The van der Waals surface area contributed by atoms with E-state index in [0.717, 1.165) is 10.5 Å². The first-order valence-corrected chi connectivity index (χ1v) is 14.4. The second-order valence-electron chi connectivity index (χ2n) is 10.3. The van der Waals surface area contributed by atoms with Gasteiger partial charge in [-0.15, -0.1) is 0 Å². The normalized spacial score (nSPS) is 14.2. The molecule has 1 aliphatic heterocycles. The molecule has 2 aromatic carbocycles. The van der Waals surface area contributed by atoms with Crippen LogP contribution in [0.4, 0.5) is 16.2 Å². The number of carbonyl (C=O) groups excluding carboxylic acids is 6. The van der Waals surface area contributed by atoms with E-state index in [1.165, 1.54) is 6.08 Å². The number of hydrogen-bond donors (Lipinski definition) is 5. The van der Waals surface area contributed by atoms with Crippen LogP contribution in [-0.2, 0) is 30.4 Å². The molecule has 1 aliphatic rings. The van der Waals surface area contributed by atoms with Crippen LogP contribution in [-0.4, -0.2) is 54.2 Å². The number of primary amides is 1. The summed E-state index contributed by atoms with van der Waals surface area (Å²) < 4.78 is 0.161. The minimum Gasteiger partial charge on any atom is -0.352 e. The number of anilines is 2. The van der Waals surface area contributed by atoms with Crippen molar-refractivity contribution in [3.63, 3.8) is 0 Å². The van der Waals surface area contributed by atoms with E-state index in [1.807, 2.05) is 0 Å². The van der Waals surface area contributed by atoms with Crippen LogP contribution in [0.5, 0.6) is 0 Å². The molecule has 7 amide bonds. The molecule has 2 atom stereocenters. The molecule has 6 N–H and O–H groups in total. The van der Waals surface area contributed by atoms with Gasteiger partial charge in [0.15, 0.2) is 0 Å². The molecule has 0 saturated carbocycles. The number of hydrogen-bond acceptors (Lipinski definition) is 6. The Kier molecular flexibility index (Phi) is 11.6. The first-order valence-electron chi connectivity index (χ1n) is 13.6. The highest BCUT2D eigenvalue weighted by molar-refractivity contribution is 9.12. The zero-order chi connectivity index (χ0) is 31.7. The van der Waals surface area contributed by atoms with Gasteiger partial charge in [-0.1, -0.05) is 38.1 Å². The van der Waals surface area contributed by atoms with Gasteiger partial charge >= 0.3 is 6.03 Å². The second-order valence-corrected chi connectivity index (χ2v) is 11.1. The Bertz CT molecular complexity index is 1410. The zero-order valence-electron chi connectivity index (χ0n) is 23.8. The molecule has 0 fully saturated rings. The number of benzene rings is 2. The molecule has 0 aromatic heterocycles. The third-order valence-corrected chi connectivity index (χ3v) is 7.09. The molecular weight excluding hydrogens is 620 g/mol. The Morgan fingerprint density at radius 2 is 1.60 bits per heavy atom. The molecule has 13 heteroatoms. The number of halogens is 1. The lowest BCUT2D eigenvalue weighted by Crippen LogP contribution is -2.54. The van der Waals surface area contributed by atoms with E-state index in [0.29, 0.717) is 23.4 Å². The summed E-state index contributed by atoms with van der Waals surface area (Å²) in [5.74, 6) is -2.70. The van der Waals surface area contributed by atoms with Crippen LogP contribution < -0.4 is 31.9 Å².